The molecule has 0 heterocycles. The summed E-state index contributed by atoms with van der Waals surface area (Å²) in [6.45, 7) is 6.17. The molecule has 7 heteroatoms. The maximum atomic E-state index is 12.3. The van der Waals surface area contributed by atoms with E-state index in [1.54, 1.807) is 24.3 Å². The Labute approximate surface area is 148 Å². The summed E-state index contributed by atoms with van der Waals surface area (Å²) < 4.78 is 0. The Bertz CT molecular complexity index is 626. The van der Waals surface area contributed by atoms with E-state index >= 15 is 0 Å². The Hall–Kier alpha value is -2.41. The Morgan fingerprint density at radius 2 is 1.68 bits per heavy atom. The molecule has 0 radical (unpaired) electrons. The van der Waals surface area contributed by atoms with Crippen molar-refractivity contribution >= 4 is 29.1 Å². The summed E-state index contributed by atoms with van der Waals surface area (Å²) in [6, 6.07) is 6.98. The highest BCUT2D eigenvalue weighted by molar-refractivity contribution is 5.93. The first-order valence-corrected chi connectivity index (χ1v) is 8.71. The van der Waals surface area contributed by atoms with Crippen LogP contribution in [0.15, 0.2) is 24.3 Å². The standard InChI is InChI=1S/C18H26N4O3/c1-4-22(12(2)18(25)21-16-9-10-16)11-17(24)20-15-7-5-14(6-8-15)19-13(3)23/h5-8,12,16H,4,9-11H2,1-3H3,(H,19,23)(H,20,24)(H,21,25)/p+1/t12-/m0/s1. The molecule has 4 N–H and O–H groups in total. The van der Waals surface area contributed by atoms with Gasteiger partial charge < -0.3 is 20.9 Å². The Balaban J connectivity index is 1.86. The Kier molecular flexibility index (Phi) is 6.52. The van der Waals surface area contributed by atoms with Gasteiger partial charge in [0.1, 0.15) is 0 Å². The van der Waals surface area contributed by atoms with E-state index in [2.05, 4.69) is 16.0 Å². The van der Waals surface area contributed by atoms with Crippen LogP contribution in [0.25, 0.3) is 0 Å². The van der Waals surface area contributed by atoms with Gasteiger partial charge in [0.2, 0.25) is 5.91 Å². The van der Waals surface area contributed by atoms with Crippen LogP contribution in [0.4, 0.5) is 11.4 Å². The van der Waals surface area contributed by atoms with Crippen LogP contribution in [-0.4, -0.2) is 42.9 Å². The van der Waals surface area contributed by atoms with Crippen molar-refractivity contribution in [3.05, 3.63) is 24.3 Å². The minimum atomic E-state index is -0.265. The van der Waals surface area contributed by atoms with Crippen LogP contribution >= 0.6 is 0 Å². The average molecular weight is 347 g/mol. The average Bonchev–Trinajstić information content (AvgIpc) is 3.37. The van der Waals surface area contributed by atoms with E-state index in [4.69, 9.17) is 0 Å². The summed E-state index contributed by atoms with van der Waals surface area (Å²) in [5.41, 5.74) is 1.33. The topological polar surface area (TPSA) is 91.7 Å². The number of anilines is 2. The van der Waals surface area contributed by atoms with Crippen molar-refractivity contribution in [1.82, 2.24) is 5.32 Å². The number of hydrogen-bond donors (Lipinski definition) is 4. The van der Waals surface area contributed by atoms with Gasteiger partial charge in [0, 0.05) is 24.3 Å². The summed E-state index contributed by atoms with van der Waals surface area (Å²) in [5, 5.41) is 8.49. The first-order chi connectivity index (χ1) is 11.9. The van der Waals surface area contributed by atoms with Crippen LogP contribution in [0, 0.1) is 0 Å². The predicted octanol–water partition coefficient (Wildman–Crippen LogP) is 0.155. The van der Waals surface area contributed by atoms with Crippen LogP contribution in [-0.2, 0) is 14.4 Å². The molecule has 1 fully saturated rings. The molecule has 3 amide bonds. The number of quaternary nitrogens is 1. The number of benzene rings is 1. The van der Waals surface area contributed by atoms with Crippen molar-refractivity contribution in [2.75, 3.05) is 23.7 Å². The quantitative estimate of drug-likeness (QED) is 0.540. The smallest absolute Gasteiger partial charge is 0.279 e. The van der Waals surface area contributed by atoms with Crippen LogP contribution in [0.2, 0.25) is 0 Å². The minimum Gasteiger partial charge on any atom is -0.348 e. The second-order valence-electron chi connectivity index (χ2n) is 6.50. The van der Waals surface area contributed by atoms with Gasteiger partial charge in [-0.25, -0.2) is 0 Å². The molecule has 0 aliphatic heterocycles. The normalized spacial score (nSPS) is 15.8. The van der Waals surface area contributed by atoms with E-state index in [0.717, 1.165) is 17.7 Å². The molecule has 25 heavy (non-hydrogen) atoms. The van der Waals surface area contributed by atoms with Gasteiger partial charge in [0.25, 0.3) is 11.8 Å². The third-order valence-corrected chi connectivity index (χ3v) is 4.26. The Morgan fingerprint density at radius 1 is 1.12 bits per heavy atom. The molecule has 0 bridgehead atoms. The van der Waals surface area contributed by atoms with E-state index in [1.165, 1.54) is 6.92 Å². The third-order valence-electron chi connectivity index (χ3n) is 4.26. The second-order valence-corrected chi connectivity index (χ2v) is 6.50. The van der Waals surface area contributed by atoms with E-state index in [-0.39, 0.29) is 30.3 Å². The zero-order valence-electron chi connectivity index (χ0n) is 15.0. The molecule has 2 atom stereocenters. The van der Waals surface area contributed by atoms with Gasteiger partial charge >= 0.3 is 0 Å². The number of carbonyl (C=O) groups is 3. The zero-order valence-corrected chi connectivity index (χ0v) is 15.0. The lowest BCUT2D eigenvalue weighted by Crippen LogP contribution is -3.17. The predicted molar refractivity (Wildman–Crippen MR) is 96.4 cm³/mol. The molecular formula is C18H27N4O3+. The first-order valence-electron chi connectivity index (χ1n) is 8.71. The molecule has 1 unspecified atom stereocenters. The fourth-order valence-electron chi connectivity index (χ4n) is 2.58. The van der Waals surface area contributed by atoms with Gasteiger partial charge in [-0.1, -0.05) is 0 Å². The van der Waals surface area contributed by atoms with Crippen molar-refractivity contribution in [3.8, 4) is 0 Å². The number of likely N-dealkylation sites (N-methyl/N-ethyl adjacent to an activating group) is 1. The van der Waals surface area contributed by atoms with E-state index in [0.29, 0.717) is 24.0 Å². The number of carbonyl (C=O) groups excluding carboxylic acids is 3. The molecular weight excluding hydrogens is 320 g/mol. The van der Waals surface area contributed by atoms with E-state index in [1.807, 2.05) is 13.8 Å². The lowest BCUT2D eigenvalue weighted by Gasteiger charge is -2.23. The van der Waals surface area contributed by atoms with Crippen molar-refractivity contribution in [3.63, 3.8) is 0 Å². The van der Waals surface area contributed by atoms with E-state index in [9.17, 15) is 14.4 Å². The zero-order chi connectivity index (χ0) is 18.4. The highest BCUT2D eigenvalue weighted by Gasteiger charge is 2.30. The molecule has 7 nitrogen and oxygen atoms in total. The fraction of sp³-hybridized carbons (Fsp3) is 0.500. The molecule has 1 aliphatic carbocycles. The summed E-state index contributed by atoms with van der Waals surface area (Å²) >= 11 is 0. The van der Waals surface area contributed by atoms with Crippen molar-refractivity contribution < 1.29 is 19.3 Å². The monoisotopic (exact) mass is 347 g/mol. The van der Waals surface area contributed by atoms with Crippen molar-refractivity contribution in [1.29, 1.82) is 0 Å². The molecule has 0 spiro atoms. The van der Waals surface area contributed by atoms with Crippen LogP contribution in [0.5, 0.6) is 0 Å². The van der Waals surface area contributed by atoms with Crippen LogP contribution < -0.4 is 20.9 Å². The number of hydrogen-bond acceptors (Lipinski definition) is 3. The van der Waals surface area contributed by atoms with Crippen LogP contribution in [0.3, 0.4) is 0 Å². The van der Waals surface area contributed by atoms with Crippen molar-refractivity contribution in [2.24, 2.45) is 0 Å². The summed E-state index contributed by atoms with van der Waals surface area (Å²) in [7, 11) is 0. The molecule has 1 saturated carbocycles. The van der Waals surface area contributed by atoms with Gasteiger partial charge in [-0.2, -0.15) is 0 Å². The van der Waals surface area contributed by atoms with Crippen LogP contribution in [0.1, 0.15) is 33.6 Å². The molecule has 1 aliphatic rings. The minimum absolute atomic E-state index is 0.00631. The van der Waals surface area contributed by atoms with Gasteiger partial charge in [0.15, 0.2) is 12.6 Å². The SMILES string of the molecule is CC[NH+](CC(=O)Nc1ccc(NC(C)=O)cc1)[C@@H](C)C(=O)NC1CC1. The third kappa shape index (κ3) is 6.19. The highest BCUT2D eigenvalue weighted by Crippen LogP contribution is 2.18. The molecule has 136 valence electrons. The van der Waals surface area contributed by atoms with E-state index < -0.39 is 0 Å². The Morgan fingerprint density at radius 3 is 2.16 bits per heavy atom. The number of rotatable bonds is 8. The molecule has 1 aromatic carbocycles. The maximum Gasteiger partial charge on any atom is 0.279 e. The lowest BCUT2D eigenvalue weighted by atomic mass is 10.2. The van der Waals surface area contributed by atoms with Gasteiger partial charge in [0.05, 0.1) is 6.54 Å². The summed E-state index contributed by atoms with van der Waals surface area (Å²) in [5.74, 6) is -0.278. The largest absolute Gasteiger partial charge is 0.348 e. The second kappa shape index (κ2) is 8.62. The fourth-order valence-corrected chi connectivity index (χ4v) is 2.58. The maximum absolute atomic E-state index is 12.3. The molecule has 2 rings (SSSR count). The van der Waals surface area contributed by atoms with Crippen molar-refractivity contribution in [2.45, 2.75) is 45.7 Å². The highest BCUT2D eigenvalue weighted by atomic mass is 16.2. The van der Waals surface area contributed by atoms with Gasteiger partial charge in [-0.05, 0) is 51.0 Å². The molecule has 0 saturated heterocycles. The van der Waals surface area contributed by atoms with Gasteiger partial charge in [-0.15, -0.1) is 0 Å². The lowest BCUT2D eigenvalue weighted by molar-refractivity contribution is -0.904. The molecule has 0 aromatic heterocycles. The summed E-state index contributed by atoms with van der Waals surface area (Å²) in [4.78, 5) is 36.4. The summed E-state index contributed by atoms with van der Waals surface area (Å²) in [6.07, 6.45) is 2.10. The molecule has 1 aromatic rings. The number of nitrogens with one attached hydrogen (secondary N) is 4. The number of amides is 3. The first kappa shape index (κ1) is 18.9. The van der Waals surface area contributed by atoms with Gasteiger partial charge in [-0.3, -0.25) is 14.4 Å².